The summed E-state index contributed by atoms with van der Waals surface area (Å²) in [6, 6.07) is 14.3. The monoisotopic (exact) mass is 708 g/mol. The van der Waals surface area contributed by atoms with Crippen LogP contribution in [0.2, 0.25) is 10.0 Å². The molecule has 0 aliphatic carbocycles. The van der Waals surface area contributed by atoms with Crippen LogP contribution in [0.3, 0.4) is 0 Å². The molecule has 2 unspecified atom stereocenters. The van der Waals surface area contributed by atoms with E-state index in [2.05, 4.69) is 21.3 Å². The summed E-state index contributed by atoms with van der Waals surface area (Å²) in [5, 5.41) is 13.2. The molecule has 4 N–H and O–H groups in total. The zero-order chi connectivity index (χ0) is 35.8. The molecule has 0 aromatic heterocycles. The van der Waals surface area contributed by atoms with Crippen LogP contribution in [-0.2, 0) is 28.7 Å². The van der Waals surface area contributed by atoms with Crippen molar-refractivity contribution in [3.05, 3.63) is 115 Å². The second kappa shape index (κ2) is 16.7. The zero-order valence-electron chi connectivity index (χ0n) is 28.5. The Balaban J connectivity index is 1.37. The number of methoxy groups -OCH3 is 2. The Morgan fingerprint density at radius 2 is 0.939 bits per heavy atom. The molecule has 4 rings (SSSR count). The molecular weight excluding hydrogens is 667 g/mol. The lowest BCUT2D eigenvalue weighted by Crippen LogP contribution is -2.37. The van der Waals surface area contributed by atoms with Crippen LogP contribution < -0.4 is 21.3 Å². The number of amides is 2. The van der Waals surface area contributed by atoms with Gasteiger partial charge in [0.15, 0.2) is 0 Å². The molecular formula is C37H42Cl2N4O6. The highest BCUT2D eigenvalue weighted by Gasteiger charge is 2.39. The predicted octanol–water partition coefficient (Wildman–Crippen LogP) is 5.91. The van der Waals surface area contributed by atoms with Crippen LogP contribution in [-0.4, -0.2) is 51.1 Å². The minimum absolute atomic E-state index is 0.320. The molecule has 2 aliphatic rings. The number of nitrogens with one attached hydrogen (secondary N) is 4. The van der Waals surface area contributed by atoms with Crippen LogP contribution in [0.25, 0.3) is 0 Å². The molecule has 0 bridgehead atoms. The van der Waals surface area contributed by atoms with E-state index in [4.69, 9.17) is 32.7 Å². The highest BCUT2D eigenvalue weighted by molar-refractivity contribution is 6.32. The van der Waals surface area contributed by atoms with Crippen LogP contribution in [0.5, 0.6) is 0 Å². The maximum absolute atomic E-state index is 13.6. The first-order valence-corrected chi connectivity index (χ1v) is 16.8. The summed E-state index contributed by atoms with van der Waals surface area (Å²) in [6.07, 6.45) is 2.02. The number of rotatable bonds is 12. The highest BCUT2D eigenvalue weighted by Crippen LogP contribution is 2.42. The van der Waals surface area contributed by atoms with Crippen molar-refractivity contribution in [1.29, 1.82) is 0 Å². The van der Waals surface area contributed by atoms with Gasteiger partial charge in [-0.3, -0.25) is 9.59 Å². The first-order valence-electron chi connectivity index (χ1n) is 16.0. The van der Waals surface area contributed by atoms with Crippen LogP contribution in [0.1, 0.15) is 69.9 Å². The van der Waals surface area contributed by atoms with E-state index in [1.54, 1.807) is 64.1 Å². The molecule has 0 fully saturated rings. The smallest absolute Gasteiger partial charge is 0.336 e. The number of dihydropyridines is 2. The van der Waals surface area contributed by atoms with Crippen LogP contribution in [0.4, 0.5) is 0 Å². The number of carbonyl (C=O) groups excluding carboxylic acids is 4. The van der Waals surface area contributed by atoms with E-state index >= 15 is 0 Å². The number of ether oxygens (including phenoxy) is 2. The van der Waals surface area contributed by atoms with Gasteiger partial charge in [-0.15, -0.1) is 0 Å². The molecule has 2 aromatic rings. The van der Waals surface area contributed by atoms with Gasteiger partial charge in [-0.25, -0.2) is 9.59 Å². The quantitative estimate of drug-likeness (QED) is 0.158. The minimum Gasteiger partial charge on any atom is -0.466 e. The first-order chi connectivity index (χ1) is 23.4. The highest BCUT2D eigenvalue weighted by atomic mass is 35.5. The van der Waals surface area contributed by atoms with E-state index in [-0.39, 0.29) is 11.8 Å². The SMILES string of the molecule is COC(=O)C1=C(C)NC(C)=C(C(=O)NCCCCCNC(=O)C2=C(C)NC(C)=C(C(=O)OC)C2c2ccccc2Cl)C1c1ccccc1Cl. The van der Waals surface area contributed by atoms with Crippen LogP contribution in [0, 0.1) is 0 Å². The predicted molar refractivity (Wildman–Crippen MR) is 189 cm³/mol. The maximum atomic E-state index is 13.6. The lowest BCUT2D eigenvalue weighted by atomic mass is 9.80. The zero-order valence-corrected chi connectivity index (χ0v) is 30.0. The average Bonchev–Trinajstić information content (AvgIpc) is 3.06. The van der Waals surface area contributed by atoms with Gasteiger partial charge in [0.2, 0.25) is 11.8 Å². The largest absolute Gasteiger partial charge is 0.466 e. The van der Waals surface area contributed by atoms with Crippen molar-refractivity contribution in [3.8, 4) is 0 Å². The van der Waals surface area contributed by atoms with E-state index in [9.17, 15) is 19.2 Å². The fourth-order valence-electron chi connectivity index (χ4n) is 6.41. The summed E-state index contributed by atoms with van der Waals surface area (Å²) in [7, 11) is 2.61. The third kappa shape index (κ3) is 8.20. The van der Waals surface area contributed by atoms with Crippen molar-refractivity contribution in [2.24, 2.45) is 0 Å². The third-order valence-electron chi connectivity index (χ3n) is 8.68. The molecule has 12 heteroatoms. The number of hydrogen-bond acceptors (Lipinski definition) is 8. The van der Waals surface area contributed by atoms with Gasteiger partial charge in [-0.2, -0.15) is 0 Å². The van der Waals surface area contributed by atoms with Crippen molar-refractivity contribution in [2.45, 2.75) is 58.8 Å². The number of hydrogen-bond donors (Lipinski definition) is 4. The van der Waals surface area contributed by atoms with Crippen molar-refractivity contribution in [1.82, 2.24) is 21.3 Å². The molecule has 0 radical (unpaired) electrons. The molecule has 0 spiro atoms. The van der Waals surface area contributed by atoms with E-state index in [1.165, 1.54) is 14.2 Å². The van der Waals surface area contributed by atoms with Crippen molar-refractivity contribution in [3.63, 3.8) is 0 Å². The van der Waals surface area contributed by atoms with E-state index < -0.39 is 23.8 Å². The van der Waals surface area contributed by atoms with E-state index in [1.807, 2.05) is 12.1 Å². The van der Waals surface area contributed by atoms with Gasteiger partial charge in [-0.1, -0.05) is 59.6 Å². The number of carbonyl (C=O) groups is 4. The van der Waals surface area contributed by atoms with Gasteiger partial charge in [0.05, 0.1) is 37.2 Å². The van der Waals surface area contributed by atoms with Gasteiger partial charge in [0.25, 0.3) is 0 Å². The van der Waals surface area contributed by atoms with Gasteiger partial charge < -0.3 is 30.7 Å². The minimum atomic E-state index is -0.711. The summed E-state index contributed by atoms with van der Waals surface area (Å²) < 4.78 is 10.1. The molecule has 2 amide bonds. The topological polar surface area (TPSA) is 135 Å². The summed E-state index contributed by atoms with van der Waals surface area (Å²) in [5.74, 6) is -3.15. The Hall–Kier alpha value is -4.54. The fourth-order valence-corrected chi connectivity index (χ4v) is 6.90. The van der Waals surface area contributed by atoms with Crippen LogP contribution >= 0.6 is 23.2 Å². The molecule has 260 valence electrons. The molecule has 0 saturated heterocycles. The fraction of sp³-hybridized carbons (Fsp3) is 0.351. The summed E-state index contributed by atoms with van der Waals surface area (Å²) in [6.45, 7) is 7.87. The Bertz CT molecular complexity index is 1650. The molecule has 2 heterocycles. The number of allylic oxidation sites excluding steroid dienone is 4. The Kier molecular flexibility index (Phi) is 12.7. The maximum Gasteiger partial charge on any atom is 0.336 e. The Labute approximate surface area is 297 Å². The lowest BCUT2D eigenvalue weighted by molar-refractivity contribution is -0.137. The summed E-state index contributed by atoms with van der Waals surface area (Å²) in [4.78, 5) is 52.9. The number of esters is 2. The normalized spacial score (nSPS) is 17.7. The second-order valence-electron chi connectivity index (χ2n) is 11.9. The Morgan fingerprint density at radius 3 is 1.29 bits per heavy atom. The molecule has 2 atom stereocenters. The van der Waals surface area contributed by atoms with E-state index in [0.717, 1.165) is 0 Å². The summed E-state index contributed by atoms with van der Waals surface area (Å²) in [5.41, 5.74) is 5.10. The van der Waals surface area contributed by atoms with Crippen molar-refractivity contribution >= 4 is 47.0 Å². The second-order valence-corrected chi connectivity index (χ2v) is 12.7. The molecule has 2 aliphatic heterocycles. The third-order valence-corrected chi connectivity index (χ3v) is 9.37. The molecule has 49 heavy (non-hydrogen) atoms. The average molecular weight is 710 g/mol. The van der Waals surface area contributed by atoms with Gasteiger partial charge in [-0.05, 0) is 70.2 Å². The number of benzene rings is 2. The molecule has 10 nitrogen and oxygen atoms in total. The van der Waals surface area contributed by atoms with Crippen LogP contribution in [0.15, 0.2) is 93.6 Å². The van der Waals surface area contributed by atoms with Crippen molar-refractivity contribution < 1.29 is 28.7 Å². The van der Waals surface area contributed by atoms with Gasteiger partial charge in [0.1, 0.15) is 0 Å². The van der Waals surface area contributed by atoms with Crippen molar-refractivity contribution in [2.75, 3.05) is 27.3 Å². The number of halogens is 2. The van der Waals surface area contributed by atoms with E-state index in [0.29, 0.717) is 98.6 Å². The standard InChI is InChI=1S/C37H42Cl2N4O6/c1-20-28(32(24-14-8-10-16-26(24)38)30(22(3)42-20)36(46)48-5)34(44)40-18-12-7-13-19-41-35(45)29-21(2)43-23(4)31(37(47)49-6)33(29)25-15-9-11-17-27(25)39/h8-11,14-17,32-33,42-43H,7,12-13,18-19H2,1-6H3,(H,40,44)(H,41,45). The molecule has 0 saturated carbocycles. The summed E-state index contributed by atoms with van der Waals surface area (Å²) >= 11 is 13.1. The lowest BCUT2D eigenvalue weighted by Gasteiger charge is -2.31. The molecule has 2 aromatic carbocycles. The first kappa shape index (κ1) is 37.3. The van der Waals surface area contributed by atoms with Gasteiger partial charge in [0, 0.05) is 57.1 Å². The Morgan fingerprint density at radius 1 is 0.592 bits per heavy atom. The van der Waals surface area contributed by atoms with Gasteiger partial charge >= 0.3 is 11.9 Å². The number of unbranched alkanes of at least 4 members (excludes halogenated alkanes) is 2.